The maximum atomic E-state index is 11.7. The molecule has 130 valence electrons. The minimum atomic E-state index is -0.131. The van der Waals surface area contributed by atoms with E-state index in [2.05, 4.69) is 30.7 Å². The van der Waals surface area contributed by atoms with Crippen molar-refractivity contribution in [3.8, 4) is 23.7 Å². The number of aryl methyl sites for hydroxylation is 1. The molecule has 0 amide bonds. The van der Waals surface area contributed by atoms with Gasteiger partial charge in [0.15, 0.2) is 0 Å². The average molecular weight is 337 g/mol. The summed E-state index contributed by atoms with van der Waals surface area (Å²) in [6, 6.07) is 5.49. The van der Waals surface area contributed by atoms with Gasteiger partial charge in [-0.05, 0) is 18.6 Å². The monoisotopic (exact) mass is 337 g/mol. The van der Waals surface area contributed by atoms with Gasteiger partial charge in [-0.2, -0.15) is 0 Å². The Morgan fingerprint density at radius 2 is 2.08 bits per heavy atom. The summed E-state index contributed by atoms with van der Waals surface area (Å²) in [7, 11) is 0. The van der Waals surface area contributed by atoms with Crippen LogP contribution in [-0.2, 0) is 6.42 Å². The number of pyridine rings is 1. The molecular formula is C19H23N5O. The van der Waals surface area contributed by atoms with E-state index in [0.717, 1.165) is 62.6 Å². The minimum absolute atomic E-state index is 0.131. The first-order valence-electron chi connectivity index (χ1n) is 8.67. The number of nitrogens with zero attached hydrogens (tertiary/aromatic N) is 4. The summed E-state index contributed by atoms with van der Waals surface area (Å²) >= 11 is 0. The highest BCUT2D eigenvalue weighted by Gasteiger charge is 2.17. The standard InChI is InChI=1S/C19H23N5O/c1-3-5-8-23-9-11-24(12-10-23)17-7-6-15(14-20-17)19-21-16(4-2)13-18(25)22-19/h1,6-7,13-14H,4-5,8-12H2,2H3,(H,21,22,25). The SMILES string of the molecule is C#CCCN1CCN(c2ccc(-c3nc(CC)cc(=O)[nH]3)cn2)CC1. The summed E-state index contributed by atoms with van der Waals surface area (Å²) in [5, 5.41) is 0. The van der Waals surface area contributed by atoms with Crippen molar-refractivity contribution >= 4 is 5.82 Å². The van der Waals surface area contributed by atoms with Crippen LogP contribution in [0.1, 0.15) is 19.0 Å². The first kappa shape index (κ1) is 17.2. The second-order valence-corrected chi connectivity index (χ2v) is 6.13. The fraction of sp³-hybridized carbons (Fsp3) is 0.421. The Bertz CT molecular complexity index is 798. The smallest absolute Gasteiger partial charge is 0.251 e. The molecule has 0 bridgehead atoms. The van der Waals surface area contributed by atoms with Crippen molar-refractivity contribution in [3.05, 3.63) is 40.4 Å². The molecular weight excluding hydrogens is 314 g/mol. The number of anilines is 1. The molecule has 2 aromatic heterocycles. The lowest BCUT2D eigenvalue weighted by atomic mass is 10.2. The van der Waals surface area contributed by atoms with Gasteiger partial charge in [0, 0.05) is 62.7 Å². The first-order chi connectivity index (χ1) is 12.2. The highest BCUT2D eigenvalue weighted by atomic mass is 16.1. The minimum Gasteiger partial charge on any atom is -0.354 e. The number of aromatic amines is 1. The maximum Gasteiger partial charge on any atom is 0.251 e. The van der Waals surface area contributed by atoms with E-state index >= 15 is 0 Å². The van der Waals surface area contributed by atoms with Gasteiger partial charge < -0.3 is 9.88 Å². The second-order valence-electron chi connectivity index (χ2n) is 6.13. The molecule has 3 heterocycles. The number of piperazine rings is 1. The van der Waals surface area contributed by atoms with Crippen LogP contribution in [0.15, 0.2) is 29.2 Å². The third kappa shape index (κ3) is 4.25. The lowest BCUT2D eigenvalue weighted by molar-refractivity contribution is 0.263. The molecule has 3 rings (SSSR count). The summed E-state index contributed by atoms with van der Waals surface area (Å²) < 4.78 is 0. The molecule has 1 aliphatic rings. The van der Waals surface area contributed by atoms with Crippen LogP contribution in [0.25, 0.3) is 11.4 Å². The van der Waals surface area contributed by atoms with Crippen molar-refractivity contribution in [2.24, 2.45) is 0 Å². The average Bonchev–Trinajstić information content (AvgIpc) is 2.66. The zero-order valence-corrected chi connectivity index (χ0v) is 14.5. The molecule has 0 radical (unpaired) electrons. The van der Waals surface area contributed by atoms with Crippen LogP contribution < -0.4 is 10.5 Å². The molecule has 6 heteroatoms. The summed E-state index contributed by atoms with van der Waals surface area (Å²) in [5.74, 6) is 4.22. The predicted octanol–water partition coefficient (Wildman–Crippen LogP) is 1.54. The lowest BCUT2D eigenvalue weighted by Gasteiger charge is -2.35. The van der Waals surface area contributed by atoms with E-state index in [-0.39, 0.29) is 5.56 Å². The molecule has 0 saturated carbocycles. The van der Waals surface area contributed by atoms with E-state index in [1.807, 2.05) is 19.1 Å². The van der Waals surface area contributed by atoms with Crippen molar-refractivity contribution in [2.75, 3.05) is 37.6 Å². The third-order valence-corrected chi connectivity index (χ3v) is 4.45. The molecule has 0 unspecified atom stereocenters. The van der Waals surface area contributed by atoms with Crippen molar-refractivity contribution in [3.63, 3.8) is 0 Å². The highest BCUT2D eigenvalue weighted by molar-refractivity contribution is 5.56. The number of aromatic nitrogens is 3. The van der Waals surface area contributed by atoms with Crippen LogP contribution in [0.3, 0.4) is 0 Å². The van der Waals surface area contributed by atoms with Crippen LogP contribution in [0, 0.1) is 12.3 Å². The molecule has 6 nitrogen and oxygen atoms in total. The largest absolute Gasteiger partial charge is 0.354 e. The van der Waals surface area contributed by atoms with E-state index in [4.69, 9.17) is 6.42 Å². The highest BCUT2D eigenvalue weighted by Crippen LogP contribution is 2.18. The van der Waals surface area contributed by atoms with Crippen molar-refractivity contribution in [1.29, 1.82) is 0 Å². The number of rotatable bonds is 5. The Balaban J connectivity index is 1.68. The number of hydrogen-bond donors (Lipinski definition) is 1. The van der Waals surface area contributed by atoms with E-state index < -0.39 is 0 Å². The Hall–Kier alpha value is -2.65. The van der Waals surface area contributed by atoms with Gasteiger partial charge in [-0.25, -0.2) is 9.97 Å². The number of hydrogen-bond acceptors (Lipinski definition) is 5. The molecule has 1 aliphatic heterocycles. The van der Waals surface area contributed by atoms with Gasteiger partial charge in [0.25, 0.3) is 5.56 Å². The normalized spacial score (nSPS) is 15.1. The number of nitrogens with one attached hydrogen (secondary N) is 1. The van der Waals surface area contributed by atoms with Gasteiger partial charge in [0.05, 0.1) is 0 Å². The van der Waals surface area contributed by atoms with Crippen LogP contribution in [0.5, 0.6) is 0 Å². The molecule has 1 fully saturated rings. The second kappa shape index (κ2) is 7.95. The van der Waals surface area contributed by atoms with Gasteiger partial charge in [-0.15, -0.1) is 12.3 Å². The molecule has 0 atom stereocenters. The molecule has 0 spiro atoms. The maximum absolute atomic E-state index is 11.7. The molecule has 25 heavy (non-hydrogen) atoms. The fourth-order valence-electron chi connectivity index (χ4n) is 2.96. The molecule has 2 aromatic rings. The van der Waals surface area contributed by atoms with E-state index in [1.165, 1.54) is 6.07 Å². The van der Waals surface area contributed by atoms with Crippen LogP contribution in [-0.4, -0.2) is 52.6 Å². The van der Waals surface area contributed by atoms with Gasteiger partial charge >= 0.3 is 0 Å². The van der Waals surface area contributed by atoms with Crippen molar-refractivity contribution < 1.29 is 0 Å². The van der Waals surface area contributed by atoms with Gasteiger partial charge in [0.2, 0.25) is 0 Å². The summed E-state index contributed by atoms with van der Waals surface area (Å²) in [5.41, 5.74) is 1.48. The van der Waals surface area contributed by atoms with E-state index in [1.54, 1.807) is 6.20 Å². The van der Waals surface area contributed by atoms with Gasteiger partial charge in [-0.1, -0.05) is 6.92 Å². The third-order valence-electron chi connectivity index (χ3n) is 4.45. The van der Waals surface area contributed by atoms with Crippen LogP contribution in [0.4, 0.5) is 5.82 Å². The van der Waals surface area contributed by atoms with Crippen LogP contribution in [0.2, 0.25) is 0 Å². The van der Waals surface area contributed by atoms with Gasteiger partial charge in [-0.3, -0.25) is 9.69 Å². The molecule has 1 saturated heterocycles. The van der Waals surface area contributed by atoms with Crippen molar-refractivity contribution in [1.82, 2.24) is 19.9 Å². The van der Waals surface area contributed by atoms with Crippen LogP contribution >= 0.6 is 0 Å². The molecule has 0 aromatic carbocycles. The predicted molar refractivity (Wildman–Crippen MR) is 99.6 cm³/mol. The Kier molecular flexibility index (Phi) is 5.46. The number of terminal acetylenes is 1. The van der Waals surface area contributed by atoms with E-state index in [9.17, 15) is 4.79 Å². The topological polar surface area (TPSA) is 65.1 Å². The lowest BCUT2D eigenvalue weighted by Crippen LogP contribution is -2.46. The van der Waals surface area contributed by atoms with Crippen molar-refractivity contribution in [2.45, 2.75) is 19.8 Å². The Labute approximate surface area is 147 Å². The Morgan fingerprint density at radius 3 is 2.72 bits per heavy atom. The summed E-state index contributed by atoms with van der Waals surface area (Å²) in [6.07, 6.45) is 8.63. The fourth-order valence-corrected chi connectivity index (χ4v) is 2.96. The zero-order chi connectivity index (χ0) is 17.6. The summed E-state index contributed by atoms with van der Waals surface area (Å²) in [6.45, 7) is 6.82. The zero-order valence-electron chi connectivity index (χ0n) is 14.5. The van der Waals surface area contributed by atoms with Gasteiger partial charge in [0.1, 0.15) is 11.6 Å². The Morgan fingerprint density at radius 1 is 1.28 bits per heavy atom. The number of H-pyrrole nitrogens is 1. The van der Waals surface area contributed by atoms with E-state index in [0.29, 0.717) is 5.82 Å². The molecule has 1 N–H and O–H groups in total. The summed E-state index contributed by atoms with van der Waals surface area (Å²) in [4.78, 5) is 28.2. The first-order valence-corrected chi connectivity index (χ1v) is 8.67. The molecule has 0 aliphatic carbocycles. The quantitative estimate of drug-likeness (QED) is 0.839.